The molecule has 3 heterocycles. The van der Waals surface area contributed by atoms with E-state index in [0.29, 0.717) is 11.2 Å². The second kappa shape index (κ2) is 7.66. The summed E-state index contributed by atoms with van der Waals surface area (Å²) in [6, 6.07) is 4.42. The van der Waals surface area contributed by atoms with Gasteiger partial charge >= 0.3 is 6.29 Å². The second-order valence-electron chi connectivity index (χ2n) is 6.75. The molecule has 5 rings (SSSR count). The van der Waals surface area contributed by atoms with Gasteiger partial charge in [-0.3, -0.25) is 0 Å². The molecular formula is C18H22F2N6O3. The van der Waals surface area contributed by atoms with E-state index in [1.807, 2.05) is 0 Å². The van der Waals surface area contributed by atoms with E-state index < -0.39 is 6.29 Å². The van der Waals surface area contributed by atoms with Crippen LogP contribution in [0.25, 0.3) is 11.2 Å². The van der Waals surface area contributed by atoms with Crippen molar-refractivity contribution in [2.24, 2.45) is 0 Å². The van der Waals surface area contributed by atoms with Gasteiger partial charge in [0.1, 0.15) is 5.52 Å². The highest BCUT2D eigenvalue weighted by Gasteiger charge is 2.44. The third-order valence-corrected chi connectivity index (χ3v) is 4.56. The highest BCUT2D eigenvalue weighted by Crippen LogP contribution is 2.46. The van der Waals surface area contributed by atoms with Crippen molar-refractivity contribution in [2.75, 3.05) is 11.1 Å². The van der Waals surface area contributed by atoms with Gasteiger partial charge in [0.15, 0.2) is 23.0 Å². The molecule has 2 aromatic heterocycles. The zero-order chi connectivity index (χ0) is 20.4. The molecule has 29 heavy (non-hydrogen) atoms. The van der Waals surface area contributed by atoms with Gasteiger partial charge in [0.2, 0.25) is 5.95 Å². The van der Waals surface area contributed by atoms with E-state index in [9.17, 15) is 8.78 Å². The number of nitrogens with zero attached hydrogens (tertiary/aromatic N) is 3. The summed E-state index contributed by atoms with van der Waals surface area (Å²) in [7, 11) is 0. The van der Waals surface area contributed by atoms with Gasteiger partial charge in [-0.25, -0.2) is 4.98 Å². The maximum absolute atomic E-state index is 13.1. The lowest BCUT2D eigenvalue weighted by Gasteiger charge is -2.14. The molecule has 0 bridgehead atoms. The molecule has 5 N–H and O–H groups in total. The van der Waals surface area contributed by atoms with E-state index in [-0.39, 0.29) is 36.5 Å². The van der Waals surface area contributed by atoms with E-state index in [4.69, 9.17) is 10.8 Å². The van der Waals surface area contributed by atoms with Gasteiger partial charge in [0, 0.05) is 1.43 Å². The summed E-state index contributed by atoms with van der Waals surface area (Å²) in [6.07, 6.45) is 3.65. The number of aromatic nitrogens is 4. The molecule has 0 radical (unpaired) electrons. The fourth-order valence-corrected chi connectivity index (χ4v) is 3.18. The number of imidazole rings is 1. The predicted molar refractivity (Wildman–Crippen MR) is 103 cm³/mol. The summed E-state index contributed by atoms with van der Waals surface area (Å²) in [5.74, 6) is 0.0741. The maximum atomic E-state index is 13.1. The fourth-order valence-electron chi connectivity index (χ4n) is 3.18. The summed E-state index contributed by atoms with van der Waals surface area (Å²) in [5.41, 5.74) is 6.85. The van der Waals surface area contributed by atoms with Crippen molar-refractivity contribution in [1.82, 2.24) is 19.9 Å². The van der Waals surface area contributed by atoms with Crippen molar-refractivity contribution >= 4 is 28.6 Å². The summed E-state index contributed by atoms with van der Waals surface area (Å²) in [6.45, 7) is 0. The Morgan fingerprint density at radius 1 is 1.21 bits per heavy atom. The van der Waals surface area contributed by atoms with Crippen LogP contribution >= 0.6 is 0 Å². The van der Waals surface area contributed by atoms with Crippen LogP contribution in [-0.4, -0.2) is 37.4 Å². The number of para-hydroxylation sites is 1. The predicted octanol–water partition coefficient (Wildman–Crippen LogP) is 3.56. The Balaban J connectivity index is 0.000000274. The van der Waals surface area contributed by atoms with Crippen molar-refractivity contribution in [3.63, 3.8) is 0 Å². The number of aliphatic hydroxyl groups excluding tert-OH is 1. The Kier molecular flexibility index (Phi) is 5.05. The topological polar surface area (TPSA) is 131 Å². The van der Waals surface area contributed by atoms with E-state index in [2.05, 4.69) is 34.7 Å². The Morgan fingerprint density at radius 3 is 2.72 bits per heavy atom. The molecule has 1 aliphatic heterocycles. The Hall–Kier alpha value is -3.21. The van der Waals surface area contributed by atoms with E-state index in [0.717, 1.165) is 12.8 Å². The molecule has 0 amide bonds. The lowest BCUT2D eigenvalue weighted by Crippen LogP contribution is -2.26. The third-order valence-electron chi connectivity index (χ3n) is 4.56. The third kappa shape index (κ3) is 4.29. The highest BCUT2D eigenvalue weighted by atomic mass is 19.3. The number of nitrogens with one attached hydrogen (secondary N) is 2. The molecule has 1 aromatic carbocycles. The van der Waals surface area contributed by atoms with Gasteiger partial charge < -0.3 is 30.6 Å². The van der Waals surface area contributed by atoms with Crippen molar-refractivity contribution in [1.29, 1.82) is 0 Å². The fraction of sp³-hybridized carbons (Fsp3) is 0.389. The van der Waals surface area contributed by atoms with Crippen molar-refractivity contribution in [2.45, 2.75) is 44.5 Å². The van der Waals surface area contributed by atoms with Gasteiger partial charge in [0.25, 0.3) is 0 Å². The number of ether oxygens (including phenoxy) is 2. The molecule has 1 fully saturated rings. The van der Waals surface area contributed by atoms with Gasteiger partial charge in [-0.1, -0.05) is 25.3 Å². The summed E-state index contributed by atoms with van der Waals surface area (Å²) >= 11 is 0. The zero-order valence-electron chi connectivity index (χ0n) is 15.4. The molecule has 3 aromatic rings. The monoisotopic (exact) mass is 408 g/mol. The number of H-pyrrole nitrogens is 1. The quantitative estimate of drug-likeness (QED) is 0.506. The molecule has 156 valence electrons. The average Bonchev–Trinajstić information content (AvgIpc) is 3.26. The van der Waals surface area contributed by atoms with Gasteiger partial charge in [-0.05, 0) is 25.0 Å². The Bertz CT molecular complexity index is 1010. The Labute approximate surface area is 165 Å². The lowest BCUT2D eigenvalue weighted by atomic mass is 9.98. The maximum Gasteiger partial charge on any atom is 0.586 e. The lowest BCUT2D eigenvalue weighted by molar-refractivity contribution is -0.286. The number of alkyl halides is 2. The number of hydrogen-bond acceptors (Lipinski definition) is 8. The number of halogens is 2. The van der Waals surface area contributed by atoms with Crippen LogP contribution in [0.2, 0.25) is 0 Å². The minimum atomic E-state index is -3.70. The first-order valence-corrected chi connectivity index (χ1v) is 9.22. The smallest absolute Gasteiger partial charge is 0.395 e. The molecule has 0 saturated heterocycles. The SMILES string of the molecule is Nc1nc(Nc2cccc3c2OC(F)(F)O3)nc2nc[nH]c12.OC1CCCCC1.[HH]. The molecule has 0 unspecified atom stereocenters. The molecule has 11 heteroatoms. The zero-order valence-corrected chi connectivity index (χ0v) is 15.4. The number of hydrogen-bond donors (Lipinski definition) is 4. The van der Waals surface area contributed by atoms with E-state index >= 15 is 0 Å². The van der Waals surface area contributed by atoms with Crippen LogP contribution in [-0.2, 0) is 0 Å². The van der Waals surface area contributed by atoms with Crippen molar-refractivity contribution < 1.29 is 24.8 Å². The number of aliphatic hydroxyl groups is 1. The number of aromatic amines is 1. The first kappa shape index (κ1) is 19.1. The van der Waals surface area contributed by atoms with E-state index in [1.54, 1.807) is 0 Å². The molecule has 0 atom stereocenters. The van der Waals surface area contributed by atoms with Gasteiger partial charge in [-0.2, -0.15) is 9.97 Å². The average molecular weight is 408 g/mol. The molecule has 1 saturated carbocycles. The first-order chi connectivity index (χ1) is 13.9. The number of rotatable bonds is 2. The molecule has 9 nitrogen and oxygen atoms in total. The minimum absolute atomic E-state index is 0. The number of fused-ring (bicyclic) bond motifs is 2. The highest BCUT2D eigenvalue weighted by molar-refractivity contribution is 5.83. The molecule has 2 aliphatic rings. The molecular weight excluding hydrogens is 386 g/mol. The largest absolute Gasteiger partial charge is 0.586 e. The van der Waals surface area contributed by atoms with Crippen molar-refractivity contribution in [3.05, 3.63) is 24.5 Å². The minimum Gasteiger partial charge on any atom is -0.395 e. The number of nitrogens with two attached hydrogens (primary N) is 1. The summed E-state index contributed by atoms with van der Waals surface area (Å²) in [5, 5.41) is 11.7. The van der Waals surface area contributed by atoms with Crippen LogP contribution < -0.4 is 20.5 Å². The molecule has 1 aliphatic carbocycles. The van der Waals surface area contributed by atoms with Crippen LogP contribution in [0, 0.1) is 0 Å². The van der Waals surface area contributed by atoms with Gasteiger partial charge in [-0.15, -0.1) is 8.78 Å². The van der Waals surface area contributed by atoms with Crippen LogP contribution in [0.15, 0.2) is 24.5 Å². The standard InChI is InChI=1S/C12H8F2N6O2.C6H12O.H2/c13-12(14)21-6-3-1-2-5(8(6)22-12)18-11-19-9(15)7-10(20-11)17-4-16-7;7-6-4-2-1-3-5-6;/h1-4H,(H4,15,16,17,18,19,20);6-7H,1-5H2;1H. The van der Waals surface area contributed by atoms with Crippen LogP contribution in [0.3, 0.4) is 0 Å². The van der Waals surface area contributed by atoms with Crippen LogP contribution in [0.1, 0.15) is 33.5 Å². The van der Waals surface area contributed by atoms with Crippen LogP contribution in [0.5, 0.6) is 11.5 Å². The van der Waals surface area contributed by atoms with Crippen LogP contribution in [0.4, 0.5) is 26.2 Å². The second-order valence-corrected chi connectivity index (χ2v) is 6.75. The first-order valence-electron chi connectivity index (χ1n) is 9.22. The summed E-state index contributed by atoms with van der Waals surface area (Å²) in [4.78, 5) is 14.9. The number of anilines is 3. The van der Waals surface area contributed by atoms with E-state index in [1.165, 1.54) is 43.8 Å². The number of nitrogen functional groups attached to an aromatic ring is 1. The van der Waals surface area contributed by atoms with Gasteiger partial charge in [0.05, 0.1) is 18.1 Å². The number of benzene rings is 1. The molecule has 0 spiro atoms. The summed E-state index contributed by atoms with van der Waals surface area (Å²) < 4.78 is 35.1. The Morgan fingerprint density at radius 2 is 2.00 bits per heavy atom. The van der Waals surface area contributed by atoms with Crippen molar-refractivity contribution in [3.8, 4) is 11.5 Å². The normalized spacial score (nSPS) is 17.6.